The fourth-order valence-corrected chi connectivity index (χ4v) is 2.34. The number of hydrogen-bond acceptors (Lipinski definition) is 3. The highest BCUT2D eigenvalue weighted by Gasteiger charge is 2.22. The van der Waals surface area contributed by atoms with Crippen LogP contribution in [0.5, 0.6) is 0 Å². The van der Waals surface area contributed by atoms with Crippen molar-refractivity contribution in [3.63, 3.8) is 0 Å². The van der Waals surface area contributed by atoms with E-state index in [0.29, 0.717) is 19.0 Å². The Kier molecular flexibility index (Phi) is 6.83. The molecule has 0 radical (unpaired) electrons. The molecule has 0 aliphatic carbocycles. The fraction of sp³-hybridized carbons (Fsp3) is 0.769. The summed E-state index contributed by atoms with van der Waals surface area (Å²) >= 11 is 0. The summed E-state index contributed by atoms with van der Waals surface area (Å²) in [5.74, 6) is -0.910. The summed E-state index contributed by atoms with van der Waals surface area (Å²) in [6.45, 7) is 2.97. The summed E-state index contributed by atoms with van der Waals surface area (Å²) in [6, 6.07) is -0.259. The highest BCUT2D eigenvalue weighted by Crippen LogP contribution is 2.21. The van der Waals surface area contributed by atoms with Gasteiger partial charge in [0.15, 0.2) is 0 Å². The number of aliphatic carboxylic acids is 1. The summed E-state index contributed by atoms with van der Waals surface area (Å²) in [4.78, 5) is 35.1. The van der Waals surface area contributed by atoms with Crippen molar-refractivity contribution in [3.8, 4) is 0 Å². The molecule has 114 valence electrons. The minimum Gasteiger partial charge on any atom is -0.480 e. The van der Waals surface area contributed by atoms with Crippen molar-refractivity contribution in [3.05, 3.63) is 0 Å². The van der Waals surface area contributed by atoms with Crippen LogP contribution in [0.2, 0.25) is 0 Å². The van der Waals surface area contributed by atoms with Gasteiger partial charge in [-0.1, -0.05) is 19.8 Å². The maximum Gasteiger partial charge on any atom is 0.322 e. The van der Waals surface area contributed by atoms with Crippen molar-refractivity contribution in [2.45, 2.75) is 32.6 Å². The van der Waals surface area contributed by atoms with Gasteiger partial charge in [-0.3, -0.25) is 9.59 Å². The number of likely N-dealkylation sites (tertiary alicyclic amines) is 1. The third-order valence-electron chi connectivity index (χ3n) is 3.44. The predicted molar refractivity (Wildman–Crippen MR) is 73.2 cm³/mol. The molecule has 20 heavy (non-hydrogen) atoms. The number of rotatable bonds is 6. The lowest BCUT2D eigenvalue weighted by molar-refractivity contribution is -0.137. The minimum atomic E-state index is -1.11. The largest absolute Gasteiger partial charge is 0.480 e. The lowest BCUT2D eigenvalue weighted by Crippen LogP contribution is -2.47. The van der Waals surface area contributed by atoms with E-state index in [-0.39, 0.29) is 12.6 Å². The van der Waals surface area contributed by atoms with Crippen molar-refractivity contribution in [2.75, 3.05) is 26.2 Å². The molecular weight excluding hydrogens is 262 g/mol. The van der Waals surface area contributed by atoms with Gasteiger partial charge >= 0.3 is 12.0 Å². The normalized spacial score (nSPS) is 15.8. The Morgan fingerprint density at radius 3 is 2.35 bits per heavy atom. The smallest absolute Gasteiger partial charge is 0.322 e. The van der Waals surface area contributed by atoms with Crippen molar-refractivity contribution >= 4 is 17.9 Å². The first-order chi connectivity index (χ1) is 9.52. The number of nitrogens with one attached hydrogen (secondary N) is 2. The van der Waals surface area contributed by atoms with Gasteiger partial charge in [0, 0.05) is 13.1 Å². The van der Waals surface area contributed by atoms with E-state index in [0.717, 1.165) is 12.8 Å². The average molecular weight is 285 g/mol. The molecule has 1 rings (SSSR count). The number of carbonyl (C=O) groups excluding carboxylic acids is 2. The Labute approximate surface area is 118 Å². The van der Waals surface area contributed by atoms with Gasteiger partial charge in [-0.2, -0.15) is 0 Å². The van der Waals surface area contributed by atoms with E-state index in [9.17, 15) is 14.4 Å². The molecule has 1 fully saturated rings. The number of nitrogens with zero attached hydrogens (tertiary/aromatic N) is 1. The van der Waals surface area contributed by atoms with Gasteiger partial charge in [-0.15, -0.1) is 0 Å². The Balaban J connectivity index is 2.20. The first-order valence-electron chi connectivity index (χ1n) is 7.04. The van der Waals surface area contributed by atoms with Crippen molar-refractivity contribution in [1.82, 2.24) is 15.5 Å². The number of urea groups is 1. The first kappa shape index (κ1) is 16.3. The van der Waals surface area contributed by atoms with E-state index in [1.165, 1.54) is 12.8 Å². The molecule has 1 aliphatic rings. The number of carboxylic acid groups (broad SMARTS) is 1. The number of carboxylic acids is 1. The van der Waals surface area contributed by atoms with Crippen LogP contribution in [0.15, 0.2) is 0 Å². The lowest BCUT2D eigenvalue weighted by atomic mass is 9.93. The van der Waals surface area contributed by atoms with E-state index in [4.69, 9.17) is 5.11 Å². The number of carbonyl (C=O) groups is 3. The summed E-state index contributed by atoms with van der Waals surface area (Å²) in [5, 5.41) is 13.1. The molecular formula is C13H23N3O4. The molecule has 1 saturated heterocycles. The zero-order chi connectivity index (χ0) is 15.0. The van der Waals surface area contributed by atoms with Gasteiger partial charge in [0.25, 0.3) is 0 Å². The molecule has 1 heterocycles. The van der Waals surface area contributed by atoms with Crippen molar-refractivity contribution in [2.24, 2.45) is 5.92 Å². The van der Waals surface area contributed by atoms with Gasteiger partial charge in [-0.05, 0) is 18.8 Å². The Morgan fingerprint density at radius 2 is 1.80 bits per heavy atom. The van der Waals surface area contributed by atoms with Crippen LogP contribution >= 0.6 is 0 Å². The Hall–Kier alpha value is -1.79. The number of amides is 3. The molecule has 7 heteroatoms. The van der Waals surface area contributed by atoms with Crippen LogP contribution < -0.4 is 10.6 Å². The van der Waals surface area contributed by atoms with Gasteiger partial charge < -0.3 is 20.6 Å². The van der Waals surface area contributed by atoms with Gasteiger partial charge in [0.2, 0.25) is 5.91 Å². The molecule has 0 aromatic heterocycles. The van der Waals surface area contributed by atoms with E-state index in [1.54, 1.807) is 4.90 Å². The van der Waals surface area contributed by atoms with Crippen LogP contribution in [0.1, 0.15) is 32.6 Å². The third-order valence-corrected chi connectivity index (χ3v) is 3.44. The van der Waals surface area contributed by atoms with Crippen LogP contribution in [0.4, 0.5) is 4.79 Å². The molecule has 0 saturated carbocycles. The average Bonchev–Trinajstić information content (AvgIpc) is 2.43. The quantitative estimate of drug-likeness (QED) is 0.658. The second kappa shape index (κ2) is 8.39. The lowest BCUT2D eigenvalue weighted by Gasteiger charge is -2.31. The SMILES string of the molecule is CCCC1CCN(C(=O)NCC(=O)NCC(=O)O)CC1. The second-order valence-corrected chi connectivity index (χ2v) is 5.05. The molecule has 3 amide bonds. The fourth-order valence-electron chi connectivity index (χ4n) is 2.34. The molecule has 0 bridgehead atoms. The van der Waals surface area contributed by atoms with E-state index in [1.807, 2.05) is 0 Å². The van der Waals surface area contributed by atoms with Crippen molar-refractivity contribution < 1.29 is 19.5 Å². The van der Waals surface area contributed by atoms with Crippen LogP contribution in [-0.2, 0) is 9.59 Å². The highest BCUT2D eigenvalue weighted by molar-refractivity contribution is 5.86. The predicted octanol–water partition coefficient (Wildman–Crippen LogP) is 0.409. The van der Waals surface area contributed by atoms with Gasteiger partial charge in [0.1, 0.15) is 6.54 Å². The number of piperidine rings is 1. The van der Waals surface area contributed by atoms with E-state index < -0.39 is 18.4 Å². The molecule has 0 atom stereocenters. The highest BCUT2D eigenvalue weighted by atomic mass is 16.4. The van der Waals surface area contributed by atoms with E-state index in [2.05, 4.69) is 17.6 Å². The minimum absolute atomic E-state index is 0.193. The zero-order valence-corrected chi connectivity index (χ0v) is 11.9. The maximum atomic E-state index is 11.8. The van der Waals surface area contributed by atoms with Crippen LogP contribution in [0.3, 0.4) is 0 Å². The van der Waals surface area contributed by atoms with Crippen LogP contribution in [0.25, 0.3) is 0 Å². The van der Waals surface area contributed by atoms with E-state index >= 15 is 0 Å². The zero-order valence-electron chi connectivity index (χ0n) is 11.9. The molecule has 3 N–H and O–H groups in total. The Morgan fingerprint density at radius 1 is 1.15 bits per heavy atom. The molecule has 0 aromatic carbocycles. The van der Waals surface area contributed by atoms with Gasteiger partial charge in [-0.25, -0.2) is 4.79 Å². The summed E-state index contributed by atoms with van der Waals surface area (Å²) in [7, 11) is 0. The van der Waals surface area contributed by atoms with Crippen LogP contribution in [-0.4, -0.2) is 54.1 Å². The molecule has 1 aliphatic heterocycles. The first-order valence-corrected chi connectivity index (χ1v) is 7.04. The summed E-state index contributed by atoms with van der Waals surface area (Å²) in [5.41, 5.74) is 0. The van der Waals surface area contributed by atoms with Crippen LogP contribution in [0, 0.1) is 5.92 Å². The summed E-state index contributed by atoms with van der Waals surface area (Å²) in [6.07, 6.45) is 4.38. The molecule has 7 nitrogen and oxygen atoms in total. The Bertz CT molecular complexity index is 352. The third kappa shape index (κ3) is 5.90. The topological polar surface area (TPSA) is 98.7 Å². The monoisotopic (exact) mass is 285 g/mol. The van der Waals surface area contributed by atoms with Gasteiger partial charge in [0.05, 0.1) is 6.54 Å². The summed E-state index contributed by atoms with van der Waals surface area (Å²) < 4.78 is 0. The molecule has 0 aromatic rings. The molecule has 0 spiro atoms. The van der Waals surface area contributed by atoms with Crippen molar-refractivity contribution in [1.29, 1.82) is 0 Å². The maximum absolute atomic E-state index is 11.8. The second-order valence-electron chi connectivity index (χ2n) is 5.05. The number of hydrogen-bond donors (Lipinski definition) is 3. The standard InChI is InChI=1S/C13H23N3O4/c1-2-3-10-4-6-16(7-5-10)13(20)15-8-11(17)14-9-12(18)19/h10H,2-9H2,1H3,(H,14,17)(H,15,20)(H,18,19). The molecule has 0 unspecified atom stereocenters.